The van der Waals surface area contributed by atoms with Gasteiger partial charge in [0.1, 0.15) is 5.75 Å². The molecule has 3 rings (SSSR count). The molecule has 0 aliphatic heterocycles. The number of benzene rings is 2. The molecule has 25 heavy (non-hydrogen) atoms. The second-order valence-corrected chi connectivity index (χ2v) is 5.86. The average molecular weight is 358 g/mol. The summed E-state index contributed by atoms with van der Waals surface area (Å²) in [6.07, 6.45) is 0. The molecule has 0 spiro atoms. The van der Waals surface area contributed by atoms with Gasteiger partial charge in [-0.1, -0.05) is 23.7 Å². The van der Waals surface area contributed by atoms with Crippen molar-refractivity contribution in [2.24, 2.45) is 7.05 Å². The van der Waals surface area contributed by atoms with Gasteiger partial charge >= 0.3 is 0 Å². The number of hydrogen-bond acceptors (Lipinski definition) is 5. The zero-order valence-electron chi connectivity index (χ0n) is 13.7. The van der Waals surface area contributed by atoms with Crippen LogP contribution in [0.15, 0.2) is 42.5 Å². The van der Waals surface area contributed by atoms with Gasteiger partial charge in [0.25, 0.3) is 5.91 Å². The van der Waals surface area contributed by atoms with E-state index in [1.807, 2.05) is 19.1 Å². The molecule has 1 heterocycles. The van der Waals surface area contributed by atoms with E-state index in [0.717, 1.165) is 11.1 Å². The first kappa shape index (κ1) is 16.9. The van der Waals surface area contributed by atoms with Crippen LogP contribution in [0.25, 0.3) is 11.4 Å². The standard InChI is InChI=1S/C17H16ClN5O2/c1-11-8-14(6-7-15(11)18)25-10-16(24)19-13-5-3-4-12(9-13)17-20-21-22-23(17)2/h3-9H,10H2,1-2H3,(H,19,24). The zero-order chi connectivity index (χ0) is 17.8. The second-order valence-electron chi connectivity index (χ2n) is 5.45. The molecule has 0 saturated heterocycles. The van der Waals surface area contributed by atoms with E-state index in [1.54, 1.807) is 42.1 Å². The second kappa shape index (κ2) is 7.31. The van der Waals surface area contributed by atoms with Crippen LogP contribution in [0.1, 0.15) is 5.56 Å². The van der Waals surface area contributed by atoms with Crippen LogP contribution < -0.4 is 10.1 Å². The normalized spacial score (nSPS) is 10.5. The number of nitrogens with one attached hydrogen (secondary N) is 1. The quantitative estimate of drug-likeness (QED) is 0.759. The van der Waals surface area contributed by atoms with Gasteiger partial charge in [-0.25, -0.2) is 4.68 Å². The molecule has 0 saturated carbocycles. The van der Waals surface area contributed by atoms with E-state index in [9.17, 15) is 4.79 Å². The monoisotopic (exact) mass is 357 g/mol. The van der Waals surface area contributed by atoms with Crippen molar-refractivity contribution in [1.29, 1.82) is 0 Å². The minimum atomic E-state index is -0.263. The van der Waals surface area contributed by atoms with Gasteiger partial charge < -0.3 is 10.1 Å². The number of halogens is 1. The molecule has 7 nitrogen and oxygen atoms in total. The highest BCUT2D eigenvalue weighted by Gasteiger charge is 2.09. The summed E-state index contributed by atoms with van der Waals surface area (Å²) in [5.41, 5.74) is 2.34. The van der Waals surface area contributed by atoms with E-state index in [2.05, 4.69) is 20.8 Å². The van der Waals surface area contributed by atoms with E-state index in [-0.39, 0.29) is 12.5 Å². The van der Waals surface area contributed by atoms with E-state index >= 15 is 0 Å². The molecule has 3 aromatic rings. The average Bonchev–Trinajstić information content (AvgIpc) is 3.02. The van der Waals surface area contributed by atoms with Gasteiger partial charge in [-0.05, 0) is 53.2 Å². The van der Waals surface area contributed by atoms with Crippen LogP contribution in [0, 0.1) is 6.92 Å². The fraction of sp³-hybridized carbons (Fsp3) is 0.176. The zero-order valence-corrected chi connectivity index (χ0v) is 14.5. The van der Waals surface area contributed by atoms with E-state index < -0.39 is 0 Å². The third kappa shape index (κ3) is 4.13. The third-order valence-corrected chi connectivity index (χ3v) is 3.95. The van der Waals surface area contributed by atoms with Crippen molar-refractivity contribution in [3.63, 3.8) is 0 Å². The molecule has 0 aliphatic carbocycles. The number of rotatable bonds is 5. The number of nitrogens with zero attached hydrogens (tertiary/aromatic N) is 4. The Balaban J connectivity index is 1.63. The van der Waals surface area contributed by atoms with Crippen molar-refractivity contribution in [2.75, 3.05) is 11.9 Å². The Morgan fingerprint density at radius 3 is 2.84 bits per heavy atom. The number of carbonyl (C=O) groups is 1. The molecule has 0 fully saturated rings. The highest BCUT2D eigenvalue weighted by molar-refractivity contribution is 6.31. The summed E-state index contributed by atoms with van der Waals surface area (Å²) in [5, 5.41) is 14.8. The molecule has 1 N–H and O–H groups in total. The van der Waals surface area contributed by atoms with Crippen LogP contribution in [-0.2, 0) is 11.8 Å². The van der Waals surface area contributed by atoms with E-state index in [1.165, 1.54) is 0 Å². The van der Waals surface area contributed by atoms with Crippen molar-refractivity contribution in [1.82, 2.24) is 20.2 Å². The molecular formula is C17H16ClN5O2. The van der Waals surface area contributed by atoms with Crippen molar-refractivity contribution >= 4 is 23.2 Å². The summed E-state index contributed by atoms with van der Waals surface area (Å²) in [4.78, 5) is 12.1. The SMILES string of the molecule is Cc1cc(OCC(=O)Nc2cccc(-c3nnnn3C)c2)ccc1Cl. The van der Waals surface area contributed by atoms with Crippen LogP contribution in [0.4, 0.5) is 5.69 Å². The largest absolute Gasteiger partial charge is 0.484 e. The predicted molar refractivity (Wildman–Crippen MR) is 94.5 cm³/mol. The Morgan fingerprint density at radius 1 is 1.28 bits per heavy atom. The van der Waals surface area contributed by atoms with Crippen LogP contribution in [0.5, 0.6) is 5.75 Å². The summed E-state index contributed by atoms with van der Waals surface area (Å²) >= 11 is 5.97. The Morgan fingerprint density at radius 2 is 2.12 bits per heavy atom. The Hall–Kier alpha value is -2.93. The first-order valence-corrected chi connectivity index (χ1v) is 7.92. The van der Waals surface area contributed by atoms with Gasteiger partial charge in [0.2, 0.25) is 0 Å². The summed E-state index contributed by atoms with van der Waals surface area (Å²) in [6, 6.07) is 12.5. The number of hydrogen-bond donors (Lipinski definition) is 1. The van der Waals surface area contributed by atoms with Crippen LogP contribution in [-0.4, -0.2) is 32.7 Å². The molecule has 0 bridgehead atoms. The molecule has 0 radical (unpaired) electrons. The van der Waals surface area contributed by atoms with Gasteiger partial charge in [0.05, 0.1) is 0 Å². The topological polar surface area (TPSA) is 81.9 Å². The Kier molecular flexibility index (Phi) is 4.95. The number of tetrazole rings is 1. The summed E-state index contributed by atoms with van der Waals surface area (Å²) < 4.78 is 7.05. The van der Waals surface area contributed by atoms with Crippen molar-refractivity contribution in [3.05, 3.63) is 53.1 Å². The molecule has 1 amide bonds. The maximum absolute atomic E-state index is 12.1. The fourth-order valence-electron chi connectivity index (χ4n) is 2.26. The number of aromatic nitrogens is 4. The van der Waals surface area contributed by atoms with Gasteiger partial charge in [-0.3, -0.25) is 4.79 Å². The first-order valence-electron chi connectivity index (χ1n) is 7.54. The van der Waals surface area contributed by atoms with Gasteiger partial charge in [-0.2, -0.15) is 0 Å². The predicted octanol–water partition coefficient (Wildman–Crippen LogP) is 2.86. The van der Waals surface area contributed by atoms with Crippen molar-refractivity contribution in [2.45, 2.75) is 6.92 Å². The van der Waals surface area contributed by atoms with Gasteiger partial charge in [0, 0.05) is 23.3 Å². The number of carbonyl (C=O) groups excluding carboxylic acids is 1. The molecule has 0 unspecified atom stereocenters. The Labute approximate surface area is 149 Å². The molecule has 1 aromatic heterocycles. The summed E-state index contributed by atoms with van der Waals surface area (Å²) in [5.74, 6) is 0.945. The maximum Gasteiger partial charge on any atom is 0.262 e. The van der Waals surface area contributed by atoms with Crippen molar-refractivity contribution < 1.29 is 9.53 Å². The smallest absolute Gasteiger partial charge is 0.262 e. The lowest BCUT2D eigenvalue weighted by atomic mass is 10.2. The van der Waals surface area contributed by atoms with Crippen LogP contribution in [0.2, 0.25) is 5.02 Å². The highest BCUT2D eigenvalue weighted by Crippen LogP contribution is 2.22. The Bertz CT molecular complexity index is 910. The molecule has 0 atom stereocenters. The molecular weight excluding hydrogens is 342 g/mol. The lowest BCUT2D eigenvalue weighted by Crippen LogP contribution is -2.20. The number of aryl methyl sites for hydroxylation is 2. The van der Waals surface area contributed by atoms with Crippen LogP contribution in [0.3, 0.4) is 0 Å². The fourth-order valence-corrected chi connectivity index (χ4v) is 2.38. The maximum atomic E-state index is 12.1. The van der Waals surface area contributed by atoms with E-state index in [0.29, 0.717) is 22.3 Å². The molecule has 0 aliphatic rings. The number of ether oxygens (including phenoxy) is 1. The van der Waals surface area contributed by atoms with Gasteiger partial charge in [0.15, 0.2) is 12.4 Å². The lowest BCUT2D eigenvalue weighted by molar-refractivity contribution is -0.118. The molecule has 8 heteroatoms. The highest BCUT2D eigenvalue weighted by atomic mass is 35.5. The molecule has 128 valence electrons. The van der Waals surface area contributed by atoms with Crippen LogP contribution >= 0.6 is 11.6 Å². The first-order chi connectivity index (χ1) is 12.0. The van der Waals surface area contributed by atoms with Crippen molar-refractivity contribution in [3.8, 4) is 17.1 Å². The minimum absolute atomic E-state index is 0.100. The lowest BCUT2D eigenvalue weighted by Gasteiger charge is -2.09. The molecule has 2 aromatic carbocycles. The summed E-state index contributed by atoms with van der Waals surface area (Å²) in [7, 11) is 1.75. The van der Waals surface area contributed by atoms with Gasteiger partial charge in [-0.15, -0.1) is 5.10 Å². The van der Waals surface area contributed by atoms with E-state index in [4.69, 9.17) is 16.3 Å². The third-order valence-electron chi connectivity index (χ3n) is 3.52. The minimum Gasteiger partial charge on any atom is -0.484 e. The number of anilines is 1. The number of amides is 1. The summed E-state index contributed by atoms with van der Waals surface area (Å²) in [6.45, 7) is 1.78.